The lowest BCUT2D eigenvalue weighted by atomic mass is 10.0. The molecule has 2 aromatic rings. The number of benzene rings is 1. The van der Waals surface area contributed by atoms with E-state index in [1.807, 2.05) is 25.2 Å². The van der Waals surface area contributed by atoms with Crippen LogP contribution in [0.4, 0.5) is 0 Å². The number of nitrogens with one attached hydrogen (secondary N) is 2. The Hall–Kier alpha value is -2.04. The molecule has 0 bridgehead atoms. The summed E-state index contributed by atoms with van der Waals surface area (Å²) in [6.45, 7) is 10.2. The Morgan fingerprint density at radius 2 is 1.96 bits per heavy atom. The van der Waals surface area contributed by atoms with Crippen LogP contribution in [0.15, 0.2) is 29.3 Å². The van der Waals surface area contributed by atoms with E-state index in [-0.39, 0.29) is 0 Å². The number of hydrogen-bond acceptors (Lipinski definition) is 2. The first-order valence-corrected chi connectivity index (χ1v) is 8.96. The zero-order valence-electron chi connectivity index (χ0n) is 15.6. The van der Waals surface area contributed by atoms with Crippen molar-refractivity contribution in [2.45, 2.75) is 53.1 Å². The summed E-state index contributed by atoms with van der Waals surface area (Å²) >= 11 is 0. The summed E-state index contributed by atoms with van der Waals surface area (Å²) in [6, 6.07) is 8.60. The number of nitrogens with zero attached hydrogens (tertiary/aromatic N) is 3. The number of hydrogen-bond donors (Lipinski definition) is 2. The first-order valence-electron chi connectivity index (χ1n) is 8.96. The third-order valence-electron chi connectivity index (χ3n) is 4.16. The predicted molar refractivity (Wildman–Crippen MR) is 102 cm³/mol. The van der Waals surface area contributed by atoms with Crippen LogP contribution in [0.2, 0.25) is 0 Å². The van der Waals surface area contributed by atoms with Gasteiger partial charge in [-0.1, -0.05) is 26.0 Å². The van der Waals surface area contributed by atoms with Crippen LogP contribution in [0.25, 0.3) is 11.0 Å². The number of aliphatic imine (C=N–C) groups is 1. The molecule has 1 aromatic carbocycles. The maximum Gasteiger partial charge on any atom is 0.191 e. The Morgan fingerprint density at radius 1 is 1.21 bits per heavy atom. The highest BCUT2D eigenvalue weighted by atomic mass is 15.2. The number of guanidine groups is 1. The number of aryl methyl sites for hydroxylation is 1. The maximum atomic E-state index is 4.72. The van der Waals surface area contributed by atoms with Gasteiger partial charge in [0.25, 0.3) is 0 Å². The lowest BCUT2D eigenvalue weighted by molar-refractivity contribution is 0.489. The van der Waals surface area contributed by atoms with Crippen LogP contribution >= 0.6 is 0 Å². The van der Waals surface area contributed by atoms with Gasteiger partial charge >= 0.3 is 0 Å². The molecular weight excluding hydrogens is 298 g/mol. The van der Waals surface area contributed by atoms with E-state index < -0.39 is 0 Å². The second-order valence-electron chi connectivity index (χ2n) is 6.79. The molecule has 0 radical (unpaired) electrons. The van der Waals surface area contributed by atoms with Gasteiger partial charge in [0, 0.05) is 19.6 Å². The van der Waals surface area contributed by atoms with Gasteiger partial charge in [0.2, 0.25) is 0 Å². The molecule has 1 aromatic heterocycles. The van der Waals surface area contributed by atoms with E-state index >= 15 is 0 Å². The Kier molecular flexibility index (Phi) is 6.64. The van der Waals surface area contributed by atoms with Crippen molar-refractivity contribution in [2.24, 2.45) is 18.0 Å². The van der Waals surface area contributed by atoms with Gasteiger partial charge in [-0.15, -0.1) is 0 Å². The van der Waals surface area contributed by atoms with Crippen molar-refractivity contribution in [1.29, 1.82) is 0 Å². The Morgan fingerprint density at radius 3 is 2.62 bits per heavy atom. The zero-order chi connectivity index (χ0) is 17.5. The minimum atomic E-state index is 0.408. The van der Waals surface area contributed by atoms with Crippen LogP contribution in [0, 0.1) is 5.92 Å². The van der Waals surface area contributed by atoms with E-state index in [1.165, 1.54) is 6.42 Å². The molecule has 0 spiro atoms. The fraction of sp³-hybridized carbons (Fsp3) is 0.579. The van der Waals surface area contributed by atoms with Gasteiger partial charge in [0.15, 0.2) is 5.96 Å². The van der Waals surface area contributed by atoms with E-state index in [1.54, 1.807) is 0 Å². The molecule has 0 aliphatic carbocycles. The van der Waals surface area contributed by atoms with Crippen molar-refractivity contribution in [3.05, 3.63) is 30.1 Å². The molecule has 0 aliphatic rings. The lowest BCUT2D eigenvalue weighted by Gasteiger charge is -2.18. The maximum absolute atomic E-state index is 4.72. The smallest absolute Gasteiger partial charge is 0.191 e. The topological polar surface area (TPSA) is 54.2 Å². The van der Waals surface area contributed by atoms with Gasteiger partial charge in [-0.25, -0.2) is 9.98 Å². The molecule has 0 saturated carbocycles. The fourth-order valence-electron chi connectivity index (χ4n) is 2.70. The first-order chi connectivity index (χ1) is 11.5. The molecule has 1 atom stereocenters. The van der Waals surface area contributed by atoms with Crippen LogP contribution in [-0.2, 0) is 13.6 Å². The van der Waals surface area contributed by atoms with Crippen molar-refractivity contribution in [3.8, 4) is 0 Å². The van der Waals surface area contributed by atoms with Gasteiger partial charge in [-0.2, -0.15) is 0 Å². The zero-order valence-corrected chi connectivity index (χ0v) is 15.6. The second-order valence-corrected chi connectivity index (χ2v) is 6.79. The van der Waals surface area contributed by atoms with Gasteiger partial charge < -0.3 is 15.2 Å². The number of rotatable bonds is 7. The van der Waals surface area contributed by atoms with Crippen LogP contribution in [-0.4, -0.2) is 28.1 Å². The molecule has 132 valence electrons. The summed E-state index contributed by atoms with van der Waals surface area (Å²) in [5.41, 5.74) is 2.17. The van der Waals surface area contributed by atoms with Gasteiger partial charge in [0.05, 0.1) is 11.0 Å². The van der Waals surface area contributed by atoms with E-state index in [0.29, 0.717) is 12.6 Å². The van der Waals surface area contributed by atoms with Gasteiger partial charge in [0.1, 0.15) is 12.4 Å². The second kappa shape index (κ2) is 8.71. The highest BCUT2D eigenvalue weighted by Crippen LogP contribution is 2.14. The number of aromatic nitrogens is 2. The van der Waals surface area contributed by atoms with E-state index in [2.05, 4.69) is 53.9 Å². The summed E-state index contributed by atoms with van der Waals surface area (Å²) in [5.74, 6) is 2.57. The summed E-state index contributed by atoms with van der Waals surface area (Å²) in [4.78, 5) is 9.40. The molecule has 1 heterocycles. The molecule has 0 aliphatic heterocycles. The molecule has 5 heteroatoms. The highest BCUT2D eigenvalue weighted by molar-refractivity contribution is 5.80. The highest BCUT2D eigenvalue weighted by Gasteiger charge is 2.09. The predicted octanol–water partition coefficient (Wildman–Crippen LogP) is 3.45. The minimum absolute atomic E-state index is 0.408. The SMILES string of the molecule is CCNC(=NCc1nc2ccccc2n1C)NC(C)CCC(C)C. The molecular formula is C19H31N5. The summed E-state index contributed by atoms with van der Waals surface area (Å²) in [6.07, 6.45) is 2.37. The monoisotopic (exact) mass is 329 g/mol. The van der Waals surface area contributed by atoms with Crippen molar-refractivity contribution < 1.29 is 0 Å². The van der Waals surface area contributed by atoms with Gasteiger partial charge in [-0.05, 0) is 44.7 Å². The largest absolute Gasteiger partial charge is 0.357 e. The van der Waals surface area contributed by atoms with Crippen molar-refractivity contribution in [1.82, 2.24) is 20.2 Å². The fourth-order valence-corrected chi connectivity index (χ4v) is 2.70. The molecule has 24 heavy (non-hydrogen) atoms. The average molecular weight is 329 g/mol. The molecule has 1 unspecified atom stereocenters. The Bertz CT molecular complexity index is 671. The van der Waals surface area contributed by atoms with Crippen LogP contribution in [0.1, 0.15) is 46.4 Å². The van der Waals surface area contributed by atoms with Crippen molar-refractivity contribution in [3.63, 3.8) is 0 Å². The summed E-state index contributed by atoms with van der Waals surface area (Å²) in [5, 5.41) is 6.83. The van der Waals surface area contributed by atoms with Crippen LogP contribution in [0.5, 0.6) is 0 Å². The lowest BCUT2D eigenvalue weighted by Crippen LogP contribution is -2.42. The van der Waals surface area contributed by atoms with Crippen LogP contribution in [0.3, 0.4) is 0 Å². The molecule has 2 N–H and O–H groups in total. The Labute approximate surface area is 145 Å². The first kappa shape index (κ1) is 18.3. The number of para-hydroxylation sites is 2. The third kappa shape index (κ3) is 4.98. The van der Waals surface area contributed by atoms with Crippen molar-refractivity contribution >= 4 is 17.0 Å². The summed E-state index contributed by atoms with van der Waals surface area (Å²) in [7, 11) is 2.05. The standard InChI is InChI=1S/C19H31N5/c1-6-20-19(22-15(4)12-11-14(2)3)21-13-18-23-16-9-7-8-10-17(16)24(18)5/h7-10,14-15H,6,11-13H2,1-5H3,(H2,20,21,22). The average Bonchev–Trinajstić information content (AvgIpc) is 2.87. The normalized spacial score (nSPS) is 13.5. The van der Waals surface area contributed by atoms with Crippen molar-refractivity contribution in [2.75, 3.05) is 6.54 Å². The number of fused-ring (bicyclic) bond motifs is 1. The van der Waals surface area contributed by atoms with E-state index in [9.17, 15) is 0 Å². The quantitative estimate of drug-likeness (QED) is 0.604. The number of imidazole rings is 1. The van der Waals surface area contributed by atoms with E-state index in [0.717, 1.165) is 41.7 Å². The van der Waals surface area contributed by atoms with Gasteiger partial charge in [-0.3, -0.25) is 0 Å². The molecule has 0 fully saturated rings. The molecule has 0 saturated heterocycles. The minimum Gasteiger partial charge on any atom is -0.357 e. The van der Waals surface area contributed by atoms with E-state index in [4.69, 9.17) is 4.99 Å². The van der Waals surface area contributed by atoms with Crippen LogP contribution < -0.4 is 10.6 Å². The summed E-state index contributed by atoms with van der Waals surface area (Å²) < 4.78 is 2.12. The third-order valence-corrected chi connectivity index (χ3v) is 4.16. The molecule has 2 rings (SSSR count). The Balaban J connectivity index is 2.05. The molecule has 5 nitrogen and oxygen atoms in total. The molecule has 0 amide bonds.